The number of rotatable bonds is 24. The van der Waals surface area contributed by atoms with Crippen LogP contribution in [0.25, 0.3) is 22.2 Å². The number of carbonyl (C=O) groups is 6. The van der Waals surface area contributed by atoms with Gasteiger partial charge in [0.1, 0.15) is 49.7 Å². The molecule has 18 heteroatoms. The van der Waals surface area contributed by atoms with Gasteiger partial charge in [-0.05, 0) is 91.4 Å². The summed E-state index contributed by atoms with van der Waals surface area (Å²) < 4.78 is 62.9. The molecule has 3 atom stereocenters. The van der Waals surface area contributed by atoms with E-state index in [2.05, 4.69) is 15.6 Å². The van der Waals surface area contributed by atoms with E-state index in [0.29, 0.717) is 77.7 Å². The summed E-state index contributed by atoms with van der Waals surface area (Å²) in [5.41, 5.74) is 3.85. The van der Waals surface area contributed by atoms with Crippen molar-refractivity contribution in [3.05, 3.63) is 114 Å². The van der Waals surface area contributed by atoms with Gasteiger partial charge in [-0.25, -0.2) is 12.8 Å². The Kier molecular flexibility index (Phi) is 17.0. The summed E-state index contributed by atoms with van der Waals surface area (Å²) in [6, 6.07) is 23.1. The van der Waals surface area contributed by atoms with Gasteiger partial charge in [-0.15, -0.1) is 0 Å². The van der Waals surface area contributed by atoms with Crippen molar-refractivity contribution in [2.24, 2.45) is 5.92 Å². The van der Waals surface area contributed by atoms with Gasteiger partial charge in [-0.1, -0.05) is 61.7 Å². The van der Waals surface area contributed by atoms with Crippen LogP contribution in [0.4, 0.5) is 4.39 Å². The first-order valence-corrected chi connectivity index (χ1v) is 25.1. The maximum Gasteiger partial charge on any atom is 0.325 e. The maximum atomic E-state index is 14.2. The molecule has 2 aliphatic heterocycles. The van der Waals surface area contributed by atoms with Gasteiger partial charge < -0.3 is 39.5 Å². The summed E-state index contributed by atoms with van der Waals surface area (Å²) in [5, 5.41) is 6.13. The number of aryl methyl sites for hydroxylation is 1. The number of ether oxygens (including phenoxy) is 4. The molecule has 0 saturated carbocycles. The second kappa shape index (κ2) is 23.5. The number of fused-ring (bicyclic) bond motifs is 5. The molecule has 1 saturated heterocycles. The molecule has 5 aromatic rings. The number of hydrogen-bond acceptors (Lipinski definition) is 12. The Morgan fingerprint density at radius 1 is 0.843 bits per heavy atom. The number of carbonyl (C=O) groups excluding carboxylic acids is 6. The number of sulfone groups is 1. The lowest BCUT2D eigenvalue weighted by molar-refractivity contribution is -0.168. The molecule has 370 valence electrons. The van der Waals surface area contributed by atoms with Crippen LogP contribution in [-0.4, -0.2) is 98.4 Å². The topological polar surface area (TPSA) is 217 Å². The fraction of sp³-hybridized carbons (Fsp3) is 0.385. The van der Waals surface area contributed by atoms with Gasteiger partial charge in [-0.3, -0.25) is 28.8 Å². The quantitative estimate of drug-likeness (QED) is 0.0352. The van der Waals surface area contributed by atoms with Crippen LogP contribution in [0.5, 0.6) is 11.5 Å². The zero-order chi connectivity index (χ0) is 49.8. The van der Waals surface area contributed by atoms with Crippen LogP contribution in [0.2, 0.25) is 0 Å². The fourth-order valence-corrected chi connectivity index (χ4v) is 10.3. The third-order valence-electron chi connectivity index (χ3n) is 12.5. The highest BCUT2D eigenvalue weighted by molar-refractivity contribution is 7.91. The molecular weight excluding hydrogens is 924 g/mol. The lowest BCUT2D eigenvalue weighted by Gasteiger charge is -2.46. The van der Waals surface area contributed by atoms with Crippen molar-refractivity contribution in [2.45, 2.75) is 94.9 Å². The number of nitrogens with zero attached hydrogens (tertiary/aromatic N) is 1. The third kappa shape index (κ3) is 13.0. The van der Waals surface area contributed by atoms with E-state index in [1.165, 1.54) is 36.3 Å². The highest BCUT2D eigenvalue weighted by Gasteiger charge is 2.49. The number of aromatic amines is 1. The van der Waals surface area contributed by atoms with Gasteiger partial charge in [0.05, 0.1) is 35.4 Å². The van der Waals surface area contributed by atoms with Crippen LogP contribution >= 0.6 is 0 Å². The van der Waals surface area contributed by atoms with E-state index in [1.54, 1.807) is 43.3 Å². The van der Waals surface area contributed by atoms with Gasteiger partial charge in [0.2, 0.25) is 17.7 Å². The lowest BCUT2D eigenvalue weighted by atomic mass is 9.81. The number of Topliss-reactive ketones (excluding diaryl/α,β-unsaturated/α-hetero) is 1. The zero-order valence-corrected chi connectivity index (χ0v) is 39.9. The highest BCUT2D eigenvalue weighted by Crippen LogP contribution is 2.40. The third-order valence-corrected chi connectivity index (χ3v) is 14.2. The monoisotopic (exact) mass is 980 g/mol. The summed E-state index contributed by atoms with van der Waals surface area (Å²) in [6.45, 7) is 1.16. The van der Waals surface area contributed by atoms with Gasteiger partial charge in [0, 0.05) is 42.3 Å². The average Bonchev–Trinajstić information content (AvgIpc) is 3.67. The molecule has 16 nitrogen and oxygen atoms in total. The van der Waals surface area contributed by atoms with Crippen molar-refractivity contribution in [3.8, 4) is 22.8 Å². The van der Waals surface area contributed by atoms with Crippen LogP contribution in [0.1, 0.15) is 75.0 Å². The minimum atomic E-state index is -3.82. The Labute approximate surface area is 405 Å². The number of halogens is 1. The Hall–Kier alpha value is -7.08. The van der Waals surface area contributed by atoms with E-state index in [4.69, 9.17) is 18.9 Å². The molecule has 3 N–H and O–H groups in total. The number of amides is 3. The van der Waals surface area contributed by atoms with Crippen LogP contribution in [-0.2, 0) is 67.7 Å². The molecule has 7 rings (SSSR count). The van der Waals surface area contributed by atoms with E-state index in [-0.39, 0.29) is 61.3 Å². The molecule has 70 heavy (non-hydrogen) atoms. The zero-order valence-electron chi connectivity index (χ0n) is 39.1. The molecular formula is C52H57FN4O12S. The Balaban J connectivity index is 0.969. The number of ketones is 1. The first-order valence-electron chi connectivity index (χ1n) is 23.4. The summed E-state index contributed by atoms with van der Waals surface area (Å²) in [4.78, 5) is 83.8. The van der Waals surface area contributed by atoms with Crippen LogP contribution in [0.15, 0.2) is 95.9 Å². The van der Waals surface area contributed by atoms with E-state index in [9.17, 15) is 41.6 Å². The van der Waals surface area contributed by atoms with Gasteiger partial charge in [0.25, 0.3) is 0 Å². The van der Waals surface area contributed by atoms with Crippen molar-refractivity contribution in [3.63, 3.8) is 0 Å². The predicted octanol–water partition coefficient (Wildman–Crippen LogP) is 6.32. The van der Waals surface area contributed by atoms with Crippen LogP contribution in [0, 0.1) is 11.7 Å². The number of likely N-dealkylation sites (tertiary alicyclic amines) is 1. The number of unbranched alkanes of at least 4 members (excludes halogenated alkanes) is 3. The van der Waals surface area contributed by atoms with E-state index in [0.717, 1.165) is 5.56 Å². The van der Waals surface area contributed by atoms with Crippen molar-refractivity contribution < 1.29 is 60.5 Å². The molecule has 0 aliphatic carbocycles. The van der Waals surface area contributed by atoms with Crippen molar-refractivity contribution in [2.75, 3.05) is 32.6 Å². The second-order valence-corrected chi connectivity index (χ2v) is 19.5. The van der Waals surface area contributed by atoms with Gasteiger partial charge >= 0.3 is 11.9 Å². The summed E-state index contributed by atoms with van der Waals surface area (Å²) >= 11 is 0. The number of hydrogen-bond donors (Lipinski definition) is 3. The van der Waals surface area contributed by atoms with E-state index < -0.39 is 76.3 Å². The number of nitrogens with one attached hydrogen (secondary N) is 3. The minimum absolute atomic E-state index is 0.0133. The fourth-order valence-electron chi connectivity index (χ4n) is 8.79. The second-order valence-electron chi connectivity index (χ2n) is 17.4. The molecule has 1 fully saturated rings. The number of likely N-dealkylation sites (N-methyl/N-ethyl adjacent to an activating group) is 1. The lowest BCUT2D eigenvalue weighted by Crippen LogP contribution is -2.64. The Morgan fingerprint density at radius 2 is 1.56 bits per heavy atom. The minimum Gasteiger partial charge on any atom is -0.497 e. The number of benzene rings is 4. The molecule has 3 amide bonds. The summed E-state index contributed by atoms with van der Waals surface area (Å²) in [5.74, 6) is -4.06. The first-order chi connectivity index (χ1) is 33.7. The summed E-state index contributed by atoms with van der Waals surface area (Å²) in [6.07, 6.45) is 2.56. The van der Waals surface area contributed by atoms with E-state index >= 15 is 0 Å². The van der Waals surface area contributed by atoms with Crippen LogP contribution < -0.4 is 20.1 Å². The number of esters is 2. The molecule has 0 radical (unpaired) electrons. The molecule has 0 spiro atoms. The van der Waals surface area contributed by atoms with Crippen molar-refractivity contribution in [1.82, 2.24) is 20.5 Å². The first kappa shape index (κ1) is 50.8. The van der Waals surface area contributed by atoms with Gasteiger partial charge in [-0.2, -0.15) is 0 Å². The normalized spacial score (nSPS) is 16.2. The SMILES string of the molecule is CCNC(=O)C(CCCCCCC(=O)OCc1ccccc1)NC(=O)CC1C(CC(=O)COc2ccc3c(c2)S(=O)(=O)CCc2c-3[nH]c3ccc(F)cc23)C(=O)N1CC(=O)OCc1ccc(OC)cc1. The Morgan fingerprint density at radius 3 is 2.30 bits per heavy atom. The smallest absolute Gasteiger partial charge is 0.325 e. The largest absolute Gasteiger partial charge is 0.497 e. The van der Waals surface area contributed by atoms with Crippen molar-refractivity contribution in [1.29, 1.82) is 0 Å². The standard InChI is InChI=1S/C52H57FN4O12S/c1-3-54-51(62)44(13-9-4-5-10-14-48(60)68-30-33-11-7-6-8-12-33)55-47(59)28-45-42(52(63)57(45)29-49(61)69-31-34-15-18-37(66-2)19-16-34)26-36(58)32-67-38-20-21-40-46(27-38)70(64,65)24-23-39-41-25-35(53)17-22-43(41)56-50(39)40/h6-8,11-12,15-22,25,27,42,44-45,56H,3-5,9-10,13-14,23-24,26,28-32H2,1-2H3,(H,54,62)(H,55,59). The highest BCUT2D eigenvalue weighted by atomic mass is 32.2. The Bertz CT molecular complexity index is 2820. The molecule has 4 aromatic carbocycles. The van der Waals surface area contributed by atoms with Crippen LogP contribution in [0.3, 0.4) is 0 Å². The molecule has 3 heterocycles. The average molecular weight is 981 g/mol. The molecule has 1 aromatic heterocycles. The van der Waals surface area contributed by atoms with Crippen molar-refractivity contribution >= 4 is 56.2 Å². The maximum absolute atomic E-state index is 14.2. The van der Waals surface area contributed by atoms with E-state index in [1.807, 2.05) is 30.3 Å². The number of β-lactam (4-membered cyclic amide) rings is 1. The number of aromatic nitrogens is 1. The number of methoxy groups -OCH3 is 1. The molecule has 3 unspecified atom stereocenters. The predicted molar refractivity (Wildman–Crippen MR) is 256 cm³/mol. The van der Waals surface area contributed by atoms with Gasteiger partial charge in [0.15, 0.2) is 15.6 Å². The molecule has 0 bridgehead atoms. The molecule has 2 aliphatic rings. The summed E-state index contributed by atoms with van der Waals surface area (Å²) in [7, 11) is -2.30. The number of H-pyrrole nitrogens is 1.